The van der Waals surface area contributed by atoms with Crippen LogP contribution in [0, 0.1) is 6.92 Å². The summed E-state index contributed by atoms with van der Waals surface area (Å²) in [5.74, 6) is 1.09. The van der Waals surface area contributed by atoms with Crippen molar-refractivity contribution in [2.24, 2.45) is 0 Å². The van der Waals surface area contributed by atoms with Gasteiger partial charge in [-0.25, -0.2) is 0 Å². The van der Waals surface area contributed by atoms with Gasteiger partial charge in [0, 0.05) is 29.1 Å². The summed E-state index contributed by atoms with van der Waals surface area (Å²) in [6, 6.07) is 13.5. The molecule has 2 rings (SSSR count). The summed E-state index contributed by atoms with van der Waals surface area (Å²) in [5, 5.41) is 3.66. The first-order chi connectivity index (χ1) is 10.3. The van der Waals surface area contributed by atoms with Gasteiger partial charge in [-0.3, -0.25) is 4.98 Å². The molecule has 0 saturated heterocycles. The zero-order valence-electron chi connectivity index (χ0n) is 12.9. The average Bonchev–Trinajstić information content (AvgIpc) is 2.51. The third-order valence-electron chi connectivity index (χ3n) is 3.36. The Balaban J connectivity index is 1.92. The van der Waals surface area contributed by atoms with Gasteiger partial charge in [-0.15, -0.1) is 11.8 Å². The van der Waals surface area contributed by atoms with E-state index in [2.05, 4.69) is 60.5 Å². The molecule has 1 heterocycles. The number of thioether (sulfide) groups is 1. The molecular weight excluding hydrogens is 276 g/mol. The van der Waals surface area contributed by atoms with Crippen LogP contribution >= 0.6 is 11.8 Å². The summed E-state index contributed by atoms with van der Waals surface area (Å²) >= 11 is 1.93. The summed E-state index contributed by atoms with van der Waals surface area (Å²) in [4.78, 5) is 5.45. The van der Waals surface area contributed by atoms with Crippen LogP contribution in [0.3, 0.4) is 0 Å². The van der Waals surface area contributed by atoms with Crippen molar-refractivity contribution in [1.29, 1.82) is 0 Å². The summed E-state index contributed by atoms with van der Waals surface area (Å²) in [6.45, 7) is 5.43. The number of aryl methyl sites for hydroxylation is 1. The Bertz CT molecular complexity index is 528. The predicted molar refractivity (Wildman–Crippen MR) is 91.9 cm³/mol. The third-order valence-corrected chi connectivity index (χ3v) is 4.51. The summed E-state index contributed by atoms with van der Waals surface area (Å²) in [7, 11) is 0. The fourth-order valence-corrected chi connectivity index (χ4v) is 3.32. The van der Waals surface area contributed by atoms with E-state index in [4.69, 9.17) is 0 Å². The molecule has 112 valence electrons. The molecule has 21 heavy (non-hydrogen) atoms. The topological polar surface area (TPSA) is 24.9 Å². The zero-order valence-corrected chi connectivity index (χ0v) is 13.7. The molecule has 0 spiro atoms. The molecule has 1 atom stereocenters. The fourth-order valence-electron chi connectivity index (χ4n) is 2.24. The molecule has 0 fully saturated rings. The summed E-state index contributed by atoms with van der Waals surface area (Å²) < 4.78 is 0. The van der Waals surface area contributed by atoms with Crippen LogP contribution in [0.5, 0.6) is 0 Å². The molecule has 0 aliphatic heterocycles. The van der Waals surface area contributed by atoms with Gasteiger partial charge < -0.3 is 5.32 Å². The maximum atomic E-state index is 4.09. The number of rotatable bonds is 8. The van der Waals surface area contributed by atoms with E-state index < -0.39 is 0 Å². The number of aromatic nitrogens is 1. The molecule has 2 aromatic rings. The van der Waals surface area contributed by atoms with Crippen LogP contribution in [0.1, 0.15) is 24.5 Å². The molecular formula is C18H24N2S. The van der Waals surface area contributed by atoms with Crippen molar-refractivity contribution in [1.82, 2.24) is 10.3 Å². The SMILES string of the molecule is CCCNC(CSc1cccc(C)c1)Cc1ccncc1. The van der Waals surface area contributed by atoms with Gasteiger partial charge in [0.05, 0.1) is 0 Å². The molecule has 0 aliphatic rings. The van der Waals surface area contributed by atoms with Gasteiger partial charge in [0.25, 0.3) is 0 Å². The number of hydrogen-bond donors (Lipinski definition) is 1. The van der Waals surface area contributed by atoms with Gasteiger partial charge in [-0.05, 0) is 56.1 Å². The van der Waals surface area contributed by atoms with Crippen LogP contribution in [0.2, 0.25) is 0 Å². The molecule has 1 aromatic heterocycles. The van der Waals surface area contributed by atoms with Crippen LogP contribution in [0.25, 0.3) is 0 Å². The Morgan fingerprint density at radius 2 is 2.00 bits per heavy atom. The van der Waals surface area contributed by atoms with E-state index in [0.29, 0.717) is 6.04 Å². The van der Waals surface area contributed by atoms with E-state index in [9.17, 15) is 0 Å². The molecule has 0 bridgehead atoms. The van der Waals surface area contributed by atoms with Gasteiger partial charge in [0.1, 0.15) is 0 Å². The average molecular weight is 300 g/mol. The van der Waals surface area contributed by atoms with Crippen molar-refractivity contribution in [3.05, 3.63) is 59.9 Å². The number of hydrogen-bond acceptors (Lipinski definition) is 3. The number of nitrogens with one attached hydrogen (secondary N) is 1. The van der Waals surface area contributed by atoms with E-state index in [1.807, 2.05) is 24.2 Å². The second-order valence-corrected chi connectivity index (χ2v) is 6.43. The Hall–Kier alpha value is -1.32. The van der Waals surface area contributed by atoms with Gasteiger partial charge >= 0.3 is 0 Å². The molecule has 0 aliphatic carbocycles. The Labute approximate surface area is 132 Å². The maximum Gasteiger partial charge on any atom is 0.0270 e. The van der Waals surface area contributed by atoms with Crippen LogP contribution in [-0.2, 0) is 6.42 Å². The smallest absolute Gasteiger partial charge is 0.0270 e. The van der Waals surface area contributed by atoms with E-state index >= 15 is 0 Å². The normalized spacial score (nSPS) is 12.3. The molecule has 0 saturated carbocycles. The molecule has 1 unspecified atom stereocenters. The largest absolute Gasteiger partial charge is 0.313 e. The molecule has 1 N–H and O–H groups in total. The lowest BCUT2D eigenvalue weighted by Gasteiger charge is -2.18. The Morgan fingerprint density at radius 3 is 2.71 bits per heavy atom. The van der Waals surface area contributed by atoms with E-state index in [0.717, 1.165) is 18.7 Å². The van der Waals surface area contributed by atoms with E-state index in [1.54, 1.807) is 0 Å². The van der Waals surface area contributed by atoms with Crippen molar-refractivity contribution >= 4 is 11.8 Å². The van der Waals surface area contributed by atoms with Crippen molar-refractivity contribution in [3.8, 4) is 0 Å². The highest BCUT2D eigenvalue weighted by molar-refractivity contribution is 7.99. The van der Waals surface area contributed by atoms with Crippen LogP contribution in [0.4, 0.5) is 0 Å². The number of pyridine rings is 1. The Kier molecular flexibility index (Phi) is 6.77. The first kappa shape index (κ1) is 16.1. The highest BCUT2D eigenvalue weighted by Crippen LogP contribution is 2.20. The third kappa shape index (κ3) is 5.90. The van der Waals surface area contributed by atoms with Gasteiger partial charge in [-0.2, -0.15) is 0 Å². The van der Waals surface area contributed by atoms with Gasteiger partial charge in [-0.1, -0.05) is 24.6 Å². The minimum Gasteiger partial charge on any atom is -0.313 e. The lowest BCUT2D eigenvalue weighted by Crippen LogP contribution is -2.34. The second kappa shape index (κ2) is 8.85. The van der Waals surface area contributed by atoms with Crippen molar-refractivity contribution < 1.29 is 0 Å². The number of benzene rings is 1. The summed E-state index contributed by atoms with van der Waals surface area (Å²) in [6.07, 6.45) is 5.98. The first-order valence-corrected chi connectivity index (χ1v) is 8.58. The van der Waals surface area contributed by atoms with Crippen LogP contribution < -0.4 is 5.32 Å². The van der Waals surface area contributed by atoms with Crippen molar-refractivity contribution in [2.45, 2.75) is 37.6 Å². The minimum absolute atomic E-state index is 0.498. The minimum atomic E-state index is 0.498. The van der Waals surface area contributed by atoms with Crippen LogP contribution in [-0.4, -0.2) is 23.3 Å². The fraction of sp³-hybridized carbons (Fsp3) is 0.389. The first-order valence-electron chi connectivity index (χ1n) is 7.59. The lowest BCUT2D eigenvalue weighted by atomic mass is 10.1. The molecule has 1 aromatic carbocycles. The van der Waals surface area contributed by atoms with Crippen LogP contribution in [0.15, 0.2) is 53.7 Å². The van der Waals surface area contributed by atoms with Gasteiger partial charge in [0.15, 0.2) is 0 Å². The molecule has 3 heteroatoms. The quantitative estimate of drug-likeness (QED) is 0.743. The number of nitrogens with zero attached hydrogens (tertiary/aromatic N) is 1. The monoisotopic (exact) mass is 300 g/mol. The molecule has 2 nitrogen and oxygen atoms in total. The van der Waals surface area contributed by atoms with Crippen molar-refractivity contribution in [3.63, 3.8) is 0 Å². The van der Waals surface area contributed by atoms with E-state index in [-0.39, 0.29) is 0 Å². The maximum absolute atomic E-state index is 4.09. The molecule has 0 radical (unpaired) electrons. The Morgan fingerprint density at radius 1 is 1.19 bits per heavy atom. The second-order valence-electron chi connectivity index (χ2n) is 5.34. The lowest BCUT2D eigenvalue weighted by molar-refractivity contribution is 0.550. The zero-order chi connectivity index (χ0) is 14.9. The predicted octanol–water partition coefficient (Wildman–Crippen LogP) is 4.09. The summed E-state index contributed by atoms with van der Waals surface area (Å²) in [5.41, 5.74) is 2.68. The standard InChI is InChI=1S/C18H24N2S/c1-3-9-20-17(13-16-7-10-19-11-8-16)14-21-18-6-4-5-15(2)12-18/h4-8,10-12,17,20H,3,9,13-14H2,1-2H3. The molecule has 0 amide bonds. The van der Waals surface area contributed by atoms with E-state index in [1.165, 1.54) is 22.4 Å². The highest BCUT2D eigenvalue weighted by Gasteiger charge is 2.09. The van der Waals surface area contributed by atoms with Crippen molar-refractivity contribution in [2.75, 3.05) is 12.3 Å². The van der Waals surface area contributed by atoms with Gasteiger partial charge in [0.2, 0.25) is 0 Å². The highest BCUT2D eigenvalue weighted by atomic mass is 32.2.